The van der Waals surface area contributed by atoms with Crippen LogP contribution in [0.1, 0.15) is 36.1 Å². The second-order valence-corrected chi connectivity index (χ2v) is 12.4. The number of aromatic hydroxyl groups is 2. The van der Waals surface area contributed by atoms with E-state index in [4.69, 9.17) is 0 Å². The van der Waals surface area contributed by atoms with Crippen molar-refractivity contribution in [1.29, 1.82) is 0 Å². The van der Waals surface area contributed by atoms with Crippen molar-refractivity contribution in [2.24, 2.45) is 9.98 Å². The summed E-state index contributed by atoms with van der Waals surface area (Å²) in [5.41, 5.74) is 4.90. The third-order valence-corrected chi connectivity index (χ3v) is 8.12. The quantitative estimate of drug-likeness (QED) is 0.193. The average Bonchev–Trinajstić information content (AvgIpc) is 2.87. The average molecular weight is 750 g/mol. The van der Waals surface area contributed by atoms with Gasteiger partial charge in [-0.25, -0.2) is 0 Å². The molecule has 0 aliphatic heterocycles. The highest BCUT2D eigenvalue weighted by Gasteiger charge is 2.23. The predicted octanol–water partition coefficient (Wildman–Crippen LogP) is 9.97. The predicted molar refractivity (Wildman–Crippen MR) is 167 cm³/mol. The van der Waals surface area contributed by atoms with Crippen LogP contribution in [-0.4, -0.2) is 22.6 Å². The van der Waals surface area contributed by atoms with Crippen molar-refractivity contribution in [1.82, 2.24) is 0 Å². The molecule has 0 amide bonds. The monoisotopic (exact) mass is 746 g/mol. The van der Waals surface area contributed by atoms with Crippen molar-refractivity contribution >= 4 is 87.5 Å². The maximum atomic E-state index is 10.2. The lowest BCUT2D eigenvalue weighted by Gasteiger charge is -2.26. The van der Waals surface area contributed by atoms with Gasteiger partial charge in [-0.15, -0.1) is 0 Å². The maximum Gasteiger partial charge on any atom is 0.138 e. The molecule has 0 heterocycles. The number of hydrogen-bond donors (Lipinski definition) is 2. The van der Waals surface area contributed by atoms with Crippen LogP contribution < -0.4 is 0 Å². The van der Waals surface area contributed by atoms with Crippen LogP contribution >= 0.6 is 63.7 Å². The first kappa shape index (κ1) is 27.8. The van der Waals surface area contributed by atoms with Crippen LogP contribution in [0.3, 0.4) is 0 Å². The molecule has 4 rings (SSSR count). The first-order chi connectivity index (χ1) is 17.5. The molecular formula is C29H22Br4N2O2. The smallest absolute Gasteiger partial charge is 0.138 e. The van der Waals surface area contributed by atoms with E-state index in [0.29, 0.717) is 20.1 Å². The van der Waals surface area contributed by atoms with Crippen molar-refractivity contribution in [2.45, 2.75) is 19.3 Å². The first-order valence-electron chi connectivity index (χ1n) is 11.2. The Balaban J connectivity index is 1.50. The van der Waals surface area contributed by atoms with E-state index in [9.17, 15) is 10.2 Å². The summed E-state index contributed by atoms with van der Waals surface area (Å²) in [6.07, 6.45) is 3.30. The Morgan fingerprint density at radius 3 is 1.30 bits per heavy atom. The molecule has 0 aromatic heterocycles. The number of phenolic OH excluding ortho intramolecular Hbond substituents is 2. The van der Waals surface area contributed by atoms with Crippen LogP contribution in [0.2, 0.25) is 0 Å². The van der Waals surface area contributed by atoms with E-state index in [1.165, 1.54) is 0 Å². The Bertz CT molecular complexity index is 1380. The number of benzene rings is 4. The van der Waals surface area contributed by atoms with Crippen LogP contribution in [0.4, 0.5) is 11.4 Å². The van der Waals surface area contributed by atoms with E-state index in [-0.39, 0.29) is 16.9 Å². The van der Waals surface area contributed by atoms with Gasteiger partial charge in [0.2, 0.25) is 0 Å². The minimum atomic E-state index is -0.231. The Kier molecular flexibility index (Phi) is 8.74. The molecule has 4 nitrogen and oxygen atoms in total. The Hall–Kier alpha value is -2.26. The van der Waals surface area contributed by atoms with Crippen molar-refractivity contribution in [3.63, 3.8) is 0 Å². The molecule has 0 radical (unpaired) electrons. The molecular weight excluding hydrogens is 728 g/mol. The van der Waals surface area contributed by atoms with Gasteiger partial charge in [0.15, 0.2) is 0 Å². The number of rotatable bonds is 6. The lowest BCUT2D eigenvalue weighted by atomic mass is 9.78. The molecule has 0 aliphatic rings. The molecule has 0 atom stereocenters. The molecule has 0 bridgehead atoms. The van der Waals surface area contributed by atoms with Crippen LogP contribution in [0.15, 0.2) is 101 Å². The Morgan fingerprint density at radius 1 is 0.595 bits per heavy atom. The molecule has 188 valence electrons. The molecule has 0 saturated carbocycles. The van der Waals surface area contributed by atoms with Crippen molar-refractivity contribution < 1.29 is 10.2 Å². The van der Waals surface area contributed by atoms with Gasteiger partial charge in [0.25, 0.3) is 0 Å². The molecule has 0 saturated heterocycles. The Labute approximate surface area is 249 Å². The molecule has 4 aromatic rings. The fourth-order valence-electron chi connectivity index (χ4n) is 3.75. The van der Waals surface area contributed by atoms with E-state index < -0.39 is 0 Å². The summed E-state index contributed by atoms with van der Waals surface area (Å²) in [6, 6.07) is 23.4. The van der Waals surface area contributed by atoms with Gasteiger partial charge in [0.1, 0.15) is 11.5 Å². The Morgan fingerprint density at radius 2 is 0.946 bits per heavy atom. The van der Waals surface area contributed by atoms with Crippen molar-refractivity contribution in [3.8, 4) is 11.5 Å². The molecule has 4 aromatic carbocycles. The van der Waals surface area contributed by atoms with Gasteiger partial charge in [-0.1, -0.05) is 70.0 Å². The van der Waals surface area contributed by atoms with Gasteiger partial charge < -0.3 is 10.2 Å². The van der Waals surface area contributed by atoms with Crippen LogP contribution in [0.5, 0.6) is 11.5 Å². The van der Waals surface area contributed by atoms with E-state index in [0.717, 1.165) is 31.4 Å². The van der Waals surface area contributed by atoms with Gasteiger partial charge in [-0.3, -0.25) is 9.98 Å². The van der Waals surface area contributed by atoms with Gasteiger partial charge in [0.05, 0.1) is 20.3 Å². The van der Waals surface area contributed by atoms with Gasteiger partial charge >= 0.3 is 0 Å². The highest BCUT2D eigenvalue weighted by molar-refractivity contribution is 9.11. The minimum Gasteiger partial charge on any atom is -0.506 e. The highest BCUT2D eigenvalue weighted by Crippen LogP contribution is 2.35. The van der Waals surface area contributed by atoms with Crippen LogP contribution in [-0.2, 0) is 5.41 Å². The summed E-state index contributed by atoms with van der Waals surface area (Å²) in [7, 11) is 0. The second-order valence-electron chi connectivity index (χ2n) is 8.89. The van der Waals surface area contributed by atoms with Gasteiger partial charge in [-0.05, 0) is 91.5 Å². The fourth-order valence-corrected chi connectivity index (χ4v) is 6.27. The van der Waals surface area contributed by atoms with E-state index >= 15 is 0 Å². The highest BCUT2D eigenvalue weighted by atomic mass is 79.9. The van der Waals surface area contributed by atoms with E-state index in [1.807, 2.05) is 36.4 Å². The minimum absolute atomic E-state index is 0.152. The summed E-state index contributed by atoms with van der Waals surface area (Å²) in [4.78, 5) is 9.05. The molecule has 8 heteroatoms. The number of halogens is 4. The molecule has 0 unspecified atom stereocenters. The topological polar surface area (TPSA) is 65.2 Å². The van der Waals surface area contributed by atoms with E-state index in [1.54, 1.807) is 24.6 Å². The van der Waals surface area contributed by atoms with Crippen LogP contribution in [0.25, 0.3) is 0 Å². The van der Waals surface area contributed by atoms with Crippen molar-refractivity contribution in [2.75, 3.05) is 0 Å². The SMILES string of the molecule is CC(C)(c1ccc(N=Cc2cc(Br)cc(Br)c2O)cc1)c1ccc(N=Cc2cc(Br)cc(Br)c2O)cc1. The van der Waals surface area contributed by atoms with Gasteiger partial charge in [0, 0.05) is 37.9 Å². The number of hydrogen-bond acceptors (Lipinski definition) is 4. The number of aliphatic imine (C=N–C) groups is 2. The fraction of sp³-hybridized carbons (Fsp3) is 0.103. The third kappa shape index (κ3) is 6.60. The summed E-state index contributed by atoms with van der Waals surface area (Å²) >= 11 is 13.6. The first-order valence-corrected chi connectivity index (χ1v) is 14.4. The molecule has 37 heavy (non-hydrogen) atoms. The summed E-state index contributed by atoms with van der Waals surface area (Å²) in [5.74, 6) is 0.303. The maximum absolute atomic E-state index is 10.2. The largest absolute Gasteiger partial charge is 0.506 e. The van der Waals surface area contributed by atoms with E-state index in [2.05, 4.69) is 112 Å². The van der Waals surface area contributed by atoms with Gasteiger partial charge in [-0.2, -0.15) is 0 Å². The summed E-state index contributed by atoms with van der Waals surface area (Å²) < 4.78 is 2.92. The van der Waals surface area contributed by atoms with Crippen molar-refractivity contribution in [3.05, 3.63) is 113 Å². The lowest BCUT2D eigenvalue weighted by molar-refractivity contribution is 0.470. The lowest BCUT2D eigenvalue weighted by Crippen LogP contribution is -2.18. The zero-order valence-electron chi connectivity index (χ0n) is 19.9. The molecule has 0 spiro atoms. The molecule has 2 N–H and O–H groups in total. The number of phenols is 2. The molecule has 0 fully saturated rings. The second kappa shape index (κ2) is 11.6. The number of nitrogens with zero attached hydrogens (tertiary/aromatic N) is 2. The zero-order chi connectivity index (χ0) is 26.7. The zero-order valence-corrected chi connectivity index (χ0v) is 26.2. The van der Waals surface area contributed by atoms with Crippen LogP contribution in [0, 0.1) is 0 Å². The third-order valence-electron chi connectivity index (χ3n) is 6.00. The summed E-state index contributed by atoms with van der Waals surface area (Å²) in [6.45, 7) is 4.36. The standard InChI is InChI=1S/C29H22Br4N2O2/c1-29(2,19-3-7-23(8-4-19)34-15-17-11-21(30)13-25(32)27(17)36)20-5-9-24(10-6-20)35-16-18-12-22(31)14-26(33)28(18)37/h3-16,36-37H,1-2H3. The summed E-state index contributed by atoms with van der Waals surface area (Å²) in [5, 5.41) is 20.5. The molecule has 0 aliphatic carbocycles. The normalized spacial score (nSPS) is 12.1.